The number of hydrogen-bond acceptors (Lipinski definition) is 4. The molecule has 4 aromatic carbocycles. The zero-order chi connectivity index (χ0) is 25.6. The van der Waals surface area contributed by atoms with E-state index < -0.39 is 0 Å². The Morgan fingerprint density at radius 1 is 0.513 bits per heavy atom. The van der Waals surface area contributed by atoms with Gasteiger partial charge in [0.25, 0.3) is 0 Å². The molecule has 0 amide bonds. The van der Waals surface area contributed by atoms with Gasteiger partial charge in [0.15, 0.2) is 23.3 Å². The van der Waals surface area contributed by atoms with E-state index in [2.05, 4.69) is 104 Å². The molecule has 39 heavy (non-hydrogen) atoms. The van der Waals surface area contributed by atoms with Crippen molar-refractivity contribution in [3.8, 4) is 34.2 Å². The van der Waals surface area contributed by atoms with Crippen LogP contribution in [0.4, 0.5) is 23.0 Å². The summed E-state index contributed by atoms with van der Waals surface area (Å²) in [5.41, 5.74) is 5.80. The van der Waals surface area contributed by atoms with Gasteiger partial charge >= 0.3 is 21.1 Å². The van der Waals surface area contributed by atoms with Crippen LogP contribution in [0.15, 0.2) is 109 Å². The number of benzene rings is 4. The van der Waals surface area contributed by atoms with Gasteiger partial charge in [-0.15, -0.1) is 12.1 Å². The number of rotatable bonds is 2. The molecule has 0 radical (unpaired) electrons. The topological polar surface area (TPSA) is 42.1 Å². The van der Waals surface area contributed by atoms with Crippen LogP contribution in [0.5, 0.6) is 0 Å². The molecule has 0 unspecified atom stereocenters. The van der Waals surface area contributed by atoms with Gasteiger partial charge in [-0.2, -0.15) is 36.4 Å². The van der Waals surface area contributed by atoms with Crippen molar-refractivity contribution in [2.45, 2.75) is 0 Å². The van der Waals surface area contributed by atoms with E-state index >= 15 is 0 Å². The first-order valence-corrected chi connectivity index (χ1v) is 12.5. The SMILES string of the molecule is CN1c2[c-]c(ccc2)-c2[c-]c(ccc2)N(C)c2cn(-c3ccccc3)c(n2)-c2nc1cn2-c1ccccc1.[Pt+2]. The quantitative estimate of drug-likeness (QED) is 0.187. The van der Waals surface area contributed by atoms with Crippen molar-refractivity contribution in [3.63, 3.8) is 0 Å². The molecular formula is C32H24N6Pt. The molecule has 1 aliphatic heterocycles. The Bertz CT molecular complexity index is 1630. The summed E-state index contributed by atoms with van der Waals surface area (Å²) in [6, 6.07) is 40.0. The van der Waals surface area contributed by atoms with E-state index in [1.54, 1.807) is 0 Å². The normalized spacial score (nSPS) is 12.1. The van der Waals surface area contributed by atoms with Crippen LogP contribution >= 0.6 is 0 Å². The summed E-state index contributed by atoms with van der Waals surface area (Å²) in [7, 11) is 4.04. The Morgan fingerprint density at radius 2 is 0.923 bits per heavy atom. The summed E-state index contributed by atoms with van der Waals surface area (Å²) in [5, 5.41) is 0. The van der Waals surface area contributed by atoms with Gasteiger partial charge in [0.05, 0.1) is 12.4 Å². The fraction of sp³-hybridized carbons (Fsp3) is 0.0625. The van der Waals surface area contributed by atoms with Gasteiger partial charge in [-0.1, -0.05) is 47.8 Å². The summed E-state index contributed by atoms with van der Waals surface area (Å²) >= 11 is 0. The Kier molecular flexibility index (Phi) is 6.41. The van der Waals surface area contributed by atoms with Crippen LogP contribution in [0, 0.1) is 12.1 Å². The van der Waals surface area contributed by atoms with Crippen LogP contribution in [0.2, 0.25) is 0 Å². The smallest absolute Gasteiger partial charge is 0.347 e. The van der Waals surface area contributed by atoms with Crippen molar-refractivity contribution < 1.29 is 21.1 Å². The van der Waals surface area contributed by atoms with Crippen LogP contribution in [0.1, 0.15) is 0 Å². The van der Waals surface area contributed by atoms with E-state index in [-0.39, 0.29) is 21.1 Å². The number of imidazole rings is 2. The van der Waals surface area contributed by atoms with E-state index in [4.69, 9.17) is 9.97 Å². The predicted octanol–water partition coefficient (Wildman–Crippen LogP) is 6.84. The second kappa shape index (κ2) is 10.0. The molecular weight excluding hydrogens is 663 g/mol. The van der Waals surface area contributed by atoms with Gasteiger partial charge in [0.1, 0.15) is 0 Å². The molecule has 3 heterocycles. The number of aromatic nitrogens is 4. The molecule has 0 fully saturated rings. The van der Waals surface area contributed by atoms with E-state index in [1.165, 1.54) is 0 Å². The molecule has 0 aliphatic carbocycles. The third-order valence-electron chi connectivity index (χ3n) is 6.91. The van der Waals surface area contributed by atoms with Crippen molar-refractivity contribution >= 4 is 23.0 Å². The molecule has 6 nitrogen and oxygen atoms in total. The zero-order valence-electron chi connectivity index (χ0n) is 21.4. The first-order chi connectivity index (χ1) is 18.7. The third kappa shape index (κ3) is 4.37. The third-order valence-corrected chi connectivity index (χ3v) is 6.91. The molecule has 192 valence electrons. The monoisotopic (exact) mass is 687 g/mol. The standard InChI is InChI=1S/C32H24N6.Pt/c1-35-27-17-9-11-23(19-27)24-12-10-18-28(20-24)36(2)30-22-38(26-15-7-4-8-16-26)32(34-30)31-33-29(35)21-37(31)25-13-5-3-6-14-25;/h3-18,21-22H,1-2H3;/q-2;+2. The average Bonchev–Trinajstić information content (AvgIpc) is 3.62. The Balaban J connectivity index is 0.00000277. The van der Waals surface area contributed by atoms with Crippen molar-refractivity contribution in [2.24, 2.45) is 0 Å². The molecule has 0 N–H and O–H groups in total. The molecule has 0 saturated carbocycles. The summed E-state index contributed by atoms with van der Waals surface area (Å²) in [4.78, 5) is 14.4. The summed E-state index contributed by atoms with van der Waals surface area (Å²) in [6.45, 7) is 0. The number of para-hydroxylation sites is 2. The van der Waals surface area contributed by atoms with Crippen molar-refractivity contribution in [1.29, 1.82) is 0 Å². The van der Waals surface area contributed by atoms with Crippen molar-refractivity contribution in [3.05, 3.63) is 122 Å². The molecule has 7 heteroatoms. The van der Waals surface area contributed by atoms with Crippen molar-refractivity contribution in [1.82, 2.24) is 19.1 Å². The van der Waals surface area contributed by atoms with E-state index in [0.29, 0.717) is 0 Å². The summed E-state index contributed by atoms with van der Waals surface area (Å²) in [5.74, 6) is 3.08. The van der Waals surface area contributed by atoms with Crippen LogP contribution in [-0.2, 0) is 21.1 Å². The molecule has 1 aliphatic rings. The molecule has 7 rings (SSSR count). The van der Waals surface area contributed by atoms with Crippen LogP contribution in [0.3, 0.4) is 0 Å². The second-order valence-corrected chi connectivity index (χ2v) is 9.27. The Hall–Kier alpha value is -4.41. The van der Waals surface area contributed by atoms with Crippen LogP contribution in [0.25, 0.3) is 34.2 Å². The van der Waals surface area contributed by atoms with Gasteiger partial charge in [-0.05, 0) is 24.3 Å². The molecule has 2 aromatic heterocycles. The van der Waals surface area contributed by atoms with E-state index in [9.17, 15) is 0 Å². The van der Waals surface area contributed by atoms with Crippen molar-refractivity contribution in [2.75, 3.05) is 23.9 Å². The predicted molar refractivity (Wildman–Crippen MR) is 152 cm³/mol. The Morgan fingerprint density at radius 3 is 1.33 bits per heavy atom. The minimum absolute atomic E-state index is 0. The number of nitrogens with zero attached hydrogens (tertiary/aromatic N) is 6. The fourth-order valence-corrected chi connectivity index (χ4v) is 4.81. The number of anilines is 4. The summed E-state index contributed by atoms with van der Waals surface area (Å²) in [6.07, 6.45) is 4.12. The maximum Gasteiger partial charge on any atom is 2.00 e. The van der Waals surface area contributed by atoms with Gasteiger partial charge < -0.3 is 9.80 Å². The Labute approximate surface area is 242 Å². The molecule has 8 bridgehead atoms. The minimum atomic E-state index is 0. The van der Waals surface area contributed by atoms with Crippen LogP contribution < -0.4 is 9.80 Å². The van der Waals surface area contributed by atoms with Gasteiger partial charge in [0, 0.05) is 25.5 Å². The molecule has 0 atom stereocenters. The maximum atomic E-state index is 5.15. The first-order valence-electron chi connectivity index (χ1n) is 12.5. The van der Waals surface area contributed by atoms with E-state index in [1.807, 2.05) is 50.5 Å². The minimum Gasteiger partial charge on any atom is -0.347 e. The number of hydrogen-bond donors (Lipinski definition) is 0. The molecule has 6 aromatic rings. The summed E-state index contributed by atoms with van der Waals surface area (Å²) < 4.78 is 4.21. The fourth-order valence-electron chi connectivity index (χ4n) is 4.81. The van der Waals surface area contributed by atoms with Gasteiger partial charge in [-0.3, -0.25) is 9.13 Å². The van der Waals surface area contributed by atoms with Crippen LogP contribution in [-0.4, -0.2) is 33.2 Å². The second-order valence-electron chi connectivity index (χ2n) is 9.27. The molecule has 0 saturated heterocycles. The van der Waals surface area contributed by atoms with E-state index in [0.717, 1.165) is 57.2 Å². The first kappa shape index (κ1) is 24.9. The molecule has 0 spiro atoms. The van der Waals surface area contributed by atoms with Gasteiger partial charge in [-0.25, -0.2) is 21.1 Å². The van der Waals surface area contributed by atoms with Gasteiger partial charge in [0.2, 0.25) is 0 Å². The largest absolute Gasteiger partial charge is 2.00 e. The maximum absolute atomic E-state index is 5.15. The zero-order valence-corrected chi connectivity index (χ0v) is 23.7. The average molecular weight is 688 g/mol. The number of fused-ring (bicyclic) bond motifs is 10.